The van der Waals surface area contributed by atoms with Gasteiger partial charge in [0.2, 0.25) is 0 Å². The summed E-state index contributed by atoms with van der Waals surface area (Å²) >= 11 is 5.96. The van der Waals surface area contributed by atoms with E-state index >= 15 is 0 Å². The van der Waals surface area contributed by atoms with Gasteiger partial charge in [0.1, 0.15) is 5.75 Å². The third kappa shape index (κ3) is 1.16. The molecule has 0 N–H and O–H groups in total. The second-order valence-corrected chi connectivity index (χ2v) is 3.67. The van der Waals surface area contributed by atoms with Gasteiger partial charge in [-0.1, -0.05) is 11.6 Å². The van der Waals surface area contributed by atoms with E-state index in [4.69, 9.17) is 16.3 Å². The summed E-state index contributed by atoms with van der Waals surface area (Å²) in [5, 5.41) is 0.496. The second kappa shape index (κ2) is 3.17. The minimum atomic E-state index is -0.0381. The van der Waals surface area contributed by atoms with Crippen LogP contribution in [-0.4, -0.2) is 25.0 Å². The number of amides is 1. The predicted octanol–water partition coefficient (Wildman–Crippen LogP) is 1.93. The average molecular weight is 212 g/mol. The Morgan fingerprint density at radius 3 is 2.86 bits per heavy atom. The van der Waals surface area contributed by atoms with Crippen molar-refractivity contribution in [3.05, 3.63) is 28.3 Å². The highest BCUT2D eigenvalue weighted by Gasteiger charge is 2.29. The van der Waals surface area contributed by atoms with Gasteiger partial charge in [0.15, 0.2) is 0 Å². The molecule has 0 saturated heterocycles. The summed E-state index contributed by atoms with van der Waals surface area (Å²) in [6, 6.07) is 3.48. The van der Waals surface area contributed by atoms with E-state index in [1.54, 1.807) is 31.2 Å². The first kappa shape index (κ1) is 9.34. The number of halogens is 1. The van der Waals surface area contributed by atoms with Gasteiger partial charge in [0.25, 0.3) is 5.91 Å². The molecule has 1 amide bonds. The molecule has 3 nitrogen and oxygen atoms in total. The molecule has 0 fully saturated rings. The number of ether oxygens (including phenoxy) is 1. The molecule has 0 bridgehead atoms. The van der Waals surface area contributed by atoms with Crippen molar-refractivity contribution in [2.75, 3.05) is 14.2 Å². The summed E-state index contributed by atoms with van der Waals surface area (Å²) in [4.78, 5) is 13.3. The molecule has 0 aromatic heterocycles. The Labute approximate surface area is 87.2 Å². The lowest BCUT2D eigenvalue weighted by molar-refractivity contribution is 0.0816. The molecular formula is C10H10ClNO2. The van der Waals surface area contributed by atoms with E-state index in [-0.39, 0.29) is 5.91 Å². The van der Waals surface area contributed by atoms with Crippen molar-refractivity contribution in [3.63, 3.8) is 0 Å². The highest BCUT2D eigenvalue weighted by Crippen LogP contribution is 2.34. The fraction of sp³-hybridized carbons (Fsp3) is 0.300. The van der Waals surface area contributed by atoms with E-state index in [9.17, 15) is 4.79 Å². The summed E-state index contributed by atoms with van der Waals surface area (Å²) < 4.78 is 5.17. The number of nitrogens with zero attached hydrogens (tertiary/aromatic N) is 1. The summed E-state index contributed by atoms with van der Waals surface area (Å²) in [6.45, 7) is 0.567. The fourth-order valence-electron chi connectivity index (χ4n) is 1.68. The number of methoxy groups -OCH3 is 1. The molecule has 0 atom stereocenters. The summed E-state index contributed by atoms with van der Waals surface area (Å²) in [6.07, 6.45) is 0. The highest BCUT2D eigenvalue weighted by atomic mass is 35.5. The van der Waals surface area contributed by atoms with Crippen LogP contribution in [-0.2, 0) is 6.54 Å². The van der Waals surface area contributed by atoms with E-state index in [0.29, 0.717) is 17.1 Å². The van der Waals surface area contributed by atoms with Gasteiger partial charge in [-0.3, -0.25) is 4.79 Å². The zero-order chi connectivity index (χ0) is 10.3. The fourth-order valence-corrected chi connectivity index (χ4v) is 1.94. The second-order valence-electron chi connectivity index (χ2n) is 3.26. The lowest BCUT2D eigenvalue weighted by Crippen LogP contribution is -2.17. The molecule has 0 radical (unpaired) electrons. The smallest absolute Gasteiger partial charge is 0.255 e. The van der Waals surface area contributed by atoms with E-state index in [1.807, 2.05) is 0 Å². The molecule has 1 aliphatic heterocycles. The first-order valence-electron chi connectivity index (χ1n) is 4.26. The van der Waals surface area contributed by atoms with Crippen molar-refractivity contribution in [1.82, 2.24) is 4.90 Å². The first-order valence-corrected chi connectivity index (χ1v) is 4.63. The van der Waals surface area contributed by atoms with Gasteiger partial charge < -0.3 is 9.64 Å². The van der Waals surface area contributed by atoms with Crippen molar-refractivity contribution in [3.8, 4) is 5.75 Å². The Morgan fingerprint density at radius 2 is 2.21 bits per heavy atom. The Kier molecular flexibility index (Phi) is 2.11. The Bertz CT molecular complexity index is 403. The topological polar surface area (TPSA) is 29.5 Å². The van der Waals surface area contributed by atoms with Crippen molar-refractivity contribution < 1.29 is 9.53 Å². The molecule has 1 aromatic rings. The normalized spacial score (nSPS) is 14.5. The van der Waals surface area contributed by atoms with Crippen LogP contribution in [0.25, 0.3) is 0 Å². The van der Waals surface area contributed by atoms with E-state index in [0.717, 1.165) is 11.3 Å². The number of hydrogen-bond donors (Lipinski definition) is 0. The predicted molar refractivity (Wildman–Crippen MR) is 53.8 cm³/mol. The maximum Gasteiger partial charge on any atom is 0.255 e. The highest BCUT2D eigenvalue weighted by molar-refractivity contribution is 6.34. The number of carbonyl (C=O) groups is 1. The number of benzene rings is 1. The monoisotopic (exact) mass is 211 g/mol. The van der Waals surface area contributed by atoms with Gasteiger partial charge in [-0.05, 0) is 12.1 Å². The van der Waals surface area contributed by atoms with Gasteiger partial charge in [0, 0.05) is 12.6 Å². The van der Waals surface area contributed by atoms with Gasteiger partial charge in [-0.2, -0.15) is 0 Å². The zero-order valence-corrected chi connectivity index (χ0v) is 8.76. The van der Waals surface area contributed by atoms with Gasteiger partial charge in [-0.25, -0.2) is 0 Å². The zero-order valence-electron chi connectivity index (χ0n) is 8.00. The van der Waals surface area contributed by atoms with Crippen LogP contribution in [0, 0.1) is 0 Å². The van der Waals surface area contributed by atoms with Crippen LogP contribution in [0.3, 0.4) is 0 Å². The molecule has 2 rings (SSSR count). The third-order valence-corrected chi connectivity index (χ3v) is 2.71. The lowest BCUT2D eigenvalue weighted by atomic mass is 10.1. The van der Waals surface area contributed by atoms with Crippen LogP contribution in [0.4, 0.5) is 0 Å². The standard InChI is InChI=1S/C10H10ClNO2/c1-12-5-6-8(14-2)4-3-7(11)9(6)10(12)13/h3-4H,5H2,1-2H3. The number of fused-ring (bicyclic) bond motifs is 1. The van der Waals surface area contributed by atoms with Crippen LogP contribution >= 0.6 is 11.6 Å². The molecule has 14 heavy (non-hydrogen) atoms. The van der Waals surface area contributed by atoms with Crippen LogP contribution in [0.5, 0.6) is 5.75 Å². The molecule has 0 aliphatic carbocycles. The molecule has 0 saturated carbocycles. The maximum atomic E-state index is 11.7. The van der Waals surface area contributed by atoms with Crippen molar-refractivity contribution in [1.29, 1.82) is 0 Å². The quantitative estimate of drug-likeness (QED) is 0.711. The van der Waals surface area contributed by atoms with Crippen molar-refractivity contribution >= 4 is 17.5 Å². The maximum absolute atomic E-state index is 11.7. The largest absolute Gasteiger partial charge is 0.496 e. The van der Waals surface area contributed by atoms with Crippen LogP contribution in [0.2, 0.25) is 5.02 Å². The third-order valence-electron chi connectivity index (χ3n) is 2.39. The van der Waals surface area contributed by atoms with E-state index in [2.05, 4.69) is 0 Å². The number of hydrogen-bond acceptors (Lipinski definition) is 2. The minimum Gasteiger partial charge on any atom is -0.496 e. The number of carbonyl (C=O) groups excluding carboxylic acids is 1. The minimum absolute atomic E-state index is 0.0381. The Hall–Kier alpha value is -1.22. The first-order chi connectivity index (χ1) is 6.65. The van der Waals surface area contributed by atoms with Gasteiger partial charge >= 0.3 is 0 Å². The lowest BCUT2D eigenvalue weighted by Gasteiger charge is -2.06. The van der Waals surface area contributed by atoms with Crippen molar-refractivity contribution in [2.24, 2.45) is 0 Å². The summed E-state index contributed by atoms with van der Waals surface area (Å²) in [5.41, 5.74) is 1.46. The molecule has 1 aromatic carbocycles. The molecule has 74 valence electrons. The molecular weight excluding hydrogens is 202 g/mol. The molecule has 0 unspecified atom stereocenters. The average Bonchev–Trinajstić information content (AvgIpc) is 2.45. The van der Waals surface area contributed by atoms with Gasteiger partial charge in [0.05, 0.1) is 24.2 Å². The SMILES string of the molecule is COc1ccc(Cl)c2c1CN(C)C2=O. The molecule has 4 heteroatoms. The number of rotatable bonds is 1. The molecule has 1 aliphatic rings. The Balaban J connectivity index is 2.64. The molecule has 0 spiro atoms. The van der Waals surface area contributed by atoms with Crippen LogP contribution < -0.4 is 4.74 Å². The van der Waals surface area contributed by atoms with Crippen LogP contribution in [0.15, 0.2) is 12.1 Å². The summed E-state index contributed by atoms with van der Waals surface area (Å²) in [7, 11) is 3.34. The van der Waals surface area contributed by atoms with Gasteiger partial charge in [-0.15, -0.1) is 0 Å². The summed E-state index contributed by atoms with van der Waals surface area (Å²) in [5.74, 6) is 0.686. The molecule has 1 heterocycles. The van der Waals surface area contributed by atoms with Crippen molar-refractivity contribution in [2.45, 2.75) is 6.54 Å². The Morgan fingerprint density at radius 1 is 1.50 bits per heavy atom. The van der Waals surface area contributed by atoms with Crippen LogP contribution in [0.1, 0.15) is 15.9 Å². The van der Waals surface area contributed by atoms with E-state index < -0.39 is 0 Å². The van der Waals surface area contributed by atoms with E-state index in [1.165, 1.54) is 0 Å².